The third-order valence-electron chi connectivity index (χ3n) is 3.79. The number of hydrogen-bond donors (Lipinski definition) is 2. The first-order valence-electron chi connectivity index (χ1n) is 8.32. The summed E-state index contributed by atoms with van der Waals surface area (Å²) in [5.41, 5.74) is 0. The van der Waals surface area contributed by atoms with Gasteiger partial charge < -0.3 is 10.2 Å². The fourth-order valence-corrected chi connectivity index (χ4v) is 2.36. The molecular weight excluding hydrogens is 248 g/mol. The van der Waals surface area contributed by atoms with Crippen molar-refractivity contribution in [1.29, 1.82) is 0 Å². The molecule has 0 saturated carbocycles. The Kier molecular flexibility index (Phi) is 14.4. The standard InChI is InChI=1S/C18H34O2/c1-3-17(19)15-13-11-9-7-5-6-8-10-12-14-16-18(20)4-2/h3-4,17-20H,1-2,5-16H2. The highest BCUT2D eigenvalue weighted by Crippen LogP contribution is 2.13. The molecule has 0 heterocycles. The van der Waals surface area contributed by atoms with E-state index in [1.165, 1.54) is 51.4 Å². The monoisotopic (exact) mass is 282 g/mol. The van der Waals surface area contributed by atoms with E-state index in [0.29, 0.717) is 0 Å². The Bertz CT molecular complexity index is 201. The molecule has 0 aliphatic carbocycles. The van der Waals surface area contributed by atoms with Crippen molar-refractivity contribution >= 4 is 0 Å². The average molecular weight is 282 g/mol. The van der Waals surface area contributed by atoms with Gasteiger partial charge >= 0.3 is 0 Å². The Morgan fingerprint density at radius 1 is 0.550 bits per heavy atom. The quantitative estimate of drug-likeness (QED) is 0.336. The van der Waals surface area contributed by atoms with Gasteiger partial charge in [-0.2, -0.15) is 0 Å². The van der Waals surface area contributed by atoms with Crippen LogP contribution in [0.5, 0.6) is 0 Å². The highest BCUT2D eigenvalue weighted by molar-refractivity contribution is 4.77. The fourth-order valence-electron chi connectivity index (χ4n) is 2.36. The summed E-state index contributed by atoms with van der Waals surface area (Å²) < 4.78 is 0. The van der Waals surface area contributed by atoms with E-state index in [1.54, 1.807) is 12.2 Å². The molecule has 2 N–H and O–H groups in total. The molecule has 0 fully saturated rings. The van der Waals surface area contributed by atoms with Crippen LogP contribution in [0.2, 0.25) is 0 Å². The molecule has 0 bridgehead atoms. The number of rotatable bonds is 15. The summed E-state index contributed by atoms with van der Waals surface area (Å²) in [6.07, 6.45) is 16.9. The SMILES string of the molecule is C=CC(O)CCCCCCCCCCCCC(O)C=C. The topological polar surface area (TPSA) is 40.5 Å². The molecular formula is C18H34O2. The van der Waals surface area contributed by atoms with E-state index in [0.717, 1.165) is 25.7 Å². The Balaban J connectivity index is 3.06. The van der Waals surface area contributed by atoms with Crippen molar-refractivity contribution in [3.8, 4) is 0 Å². The van der Waals surface area contributed by atoms with Gasteiger partial charge in [-0.1, -0.05) is 76.4 Å². The molecule has 0 rings (SSSR count). The van der Waals surface area contributed by atoms with Gasteiger partial charge in [0.15, 0.2) is 0 Å². The van der Waals surface area contributed by atoms with Gasteiger partial charge in [-0.15, -0.1) is 13.2 Å². The lowest BCUT2D eigenvalue weighted by atomic mass is 10.0. The van der Waals surface area contributed by atoms with E-state index in [2.05, 4.69) is 13.2 Å². The molecule has 0 spiro atoms. The first kappa shape index (κ1) is 19.4. The molecule has 118 valence electrons. The smallest absolute Gasteiger partial charge is 0.0718 e. The van der Waals surface area contributed by atoms with Crippen LogP contribution in [0.15, 0.2) is 25.3 Å². The van der Waals surface area contributed by atoms with Crippen LogP contribution in [-0.2, 0) is 0 Å². The molecule has 2 atom stereocenters. The number of aliphatic hydroxyl groups excluding tert-OH is 2. The predicted molar refractivity (Wildman–Crippen MR) is 87.8 cm³/mol. The van der Waals surface area contributed by atoms with Crippen molar-refractivity contribution in [2.45, 2.75) is 89.3 Å². The largest absolute Gasteiger partial charge is 0.389 e. The van der Waals surface area contributed by atoms with Crippen molar-refractivity contribution in [3.05, 3.63) is 25.3 Å². The Morgan fingerprint density at radius 2 is 0.800 bits per heavy atom. The average Bonchev–Trinajstić information content (AvgIpc) is 2.47. The molecule has 0 saturated heterocycles. The van der Waals surface area contributed by atoms with E-state index >= 15 is 0 Å². The van der Waals surface area contributed by atoms with Gasteiger partial charge in [0, 0.05) is 0 Å². The molecule has 0 aliphatic heterocycles. The lowest BCUT2D eigenvalue weighted by Crippen LogP contribution is -2.00. The van der Waals surface area contributed by atoms with Crippen LogP contribution in [0.4, 0.5) is 0 Å². The molecule has 0 aromatic carbocycles. The zero-order valence-electron chi connectivity index (χ0n) is 13.1. The number of aliphatic hydroxyl groups is 2. The highest BCUT2D eigenvalue weighted by atomic mass is 16.3. The van der Waals surface area contributed by atoms with Gasteiger partial charge in [-0.05, 0) is 12.8 Å². The molecule has 2 unspecified atom stereocenters. The molecule has 0 radical (unpaired) electrons. The molecule has 20 heavy (non-hydrogen) atoms. The van der Waals surface area contributed by atoms with Crippen molar-refractivity contribution in [2.24, 2.45) is 0 Å². The maximum Gasteiger partial charge on any atom is 0.0718 e. The minimum atomic E-state index is -0.311. The molecule has 0 aromatic heterocycles. The van der Waals surface area contributed by atoms with Gasteiger partial charge in [0.05, 0.1) is 12.2 Å². The zero-order chi connectivity index (χ0) is 15.1. The summed E-state index contributed by atoms with van der Waals surface area (Å²) in [5, 5.41) is 18.6. The van der Waals surface area contributed by atoms with E-state index in [4.69, 9.17) is 0 Å². The van der Waals surface area contributed by atoms with Crippen LogP contribution in [0.25, 0.3) is 0 Å². The third-order valence-corrected chi connectivity index (χ3v) is 3.79. The molecule has 0 aliphatic rings. The van der Waals surface area contributed by atoms with Crippen LogP contribution < -0.4 is 0 Å². The Labute approximate surface area is 125 Å². The van der Waals surface area contributed by atoms with Crippen LogP contribution in [0.1, 0.15) is 77.0 Å². The lowest BCUT2D eigenvalue weighted by molar-refractivity contribution is 0.207. The second-order valence-corrected chi connectivity index (χ2v) is 5.72. The minimum absolute atomic E-state index is 0.311. The molecule has 0 aromatic rings. The fraction of sp³-hybridized carbons (Fsp3) is 0.778. The minimum Gasteiger partial charge on any atom is -0.389 e. The molecule has 2 heteroatoms. The summed E-state index contributed by atoms with van der Waals surface area (Å²) in [6.45, 7) is 7.15. The number of unbranched alkanes of at least 4 members (excludes halogenated alkanes) is 9. The normalized spacial score (nSPS) is 13.9. The van der Waals surface area contributed by atoms with Crippen LogP contribution >= 0.6 is 0 Å². The first-order chi connectivity index (χ1) is 9.70. The first-order valence-corrected chi connectivity index (χ1v) is 8.32. The van der Waals surface area contributed by atoms with Gasteiger partial charge in [0.2, 0.25) is 0 Å². The summed E-state index contributed by atoms with van der Waals surface area (Å²) in [6, 6.07) is 0. The van der Waals surface area contributed by atoms with Gasteiger partial charge in [0.25, 0.3) is 0 Å². The zero-order valence-corrected chi connectivity index (χ0v) is 13.1. The van der Waals surface area contributed by atoms with Crippen LogP contribution in [0, 0.1) is 0 Å². The predicted octanol–water partition coefficient (Wildman–Crippen LogP) is 4.76. The van der Waals surface area contributed by atoms with E-state index in [1.807, 2.05) is 0 Å². The molecule has 0 amide bonds. The molecule has 2 nitrogen and oxygen atoms in total. The van der Waals surface area contributed by atoms with Crippen molar-refractivity contribution in [1.82, 2.24) is 0 Å². The van der Waals surface area contributed by atoms with Crippen molar-refractivity contribution in [2.75, 3.05) is 0 Å². The second kappa shape index (κ2) is 14.8. The van der Waals surface area contributed by atoms with E-state index in [9.17, 15) is 10.2 Å². The van der Waals surface area contributed by atoms with Crippen LogP contribution in [0.3, 0.4) is 0 Å². The highest BCUT2D eigenvalue weighted by Gasteiger charge is 1.99. The van der Waals surface area contributed by atoms with Crippen molar-refractivity contribution < 1.29 is 10.2 Å². The maximum atomic E-state index is 9.31. The van der Waals surface area contributed by atoms with Crippen molar-refractivity contribution in [3.63, 3.8) is 0 Å². The Morgan fingerprint density at radius 3 is 1.05 bits per heavy atom. The van der Waals surface area contributed by atoms with E-state index in [-0.39, 0.29) is 12.2 Å². The van der Waals surface area contributed by atoms with E-state index < -0.39 is 0 Å². The van der Waals surface area contributed by atoms with Gasteiger partial charge in [-0.25, -0.2) is 0 Å². The maximum absolute atomic E-state index is 9.31. The Hall–Kier alpha value is -0.600. The third kappa shape index (κ3) is 13.8. The summed E-state index contributed by atoms with van der Waals surface area (Å²) >= 11 is 0. The summed E-state index contributed by atoms with van der Waals surface area (Å²) in [7, 11) is 0. The van der Waals surface area contributed by atoms with Gasteiger partial charge in [0.1, 0.15) is 0 Å². The van der Waals surface area contributed by atoms with Gasteiger partial charge in [-0.3, -0.25) is 0 Å². The lowest BCUT2D eigenvalue weighted by Gasteiger charge is -2.06. The summed E-state index contributed by atoms with van der Waals surface area (Å²) in [4.78, 5) is 0. The van der Waals surface area contributed by atoms with Crippen LogP contribution in [-0.4, -0.2) is 22.4 Å². The number of hydrogen-bond acceptors (Lipinski definition) is 2. The second-order valence-electron chi connectivity index (χ2n) is 5.72. The summed E-state index contributed by atoms with van der Waals surface area (Å²) in [5.74, 6) is 0.